The first-order valence-electron chi connectivity index (χ1n) is 5.46. The monoisotopic (exact) mass is 288 g/mol. The van der Waals surface area contributed by atoms with E-state index in [4.69, 9.17) is 10.7 Å². The zero-order chi connectivity index (χ0) is 14.0. The van der Waals surface area contributed by atoms with Gasteiger partial charge in [-0.25, -0.2) is 8.57 Å². The molecular formula is C12H17ClN2O2S. The standard InChI is InChI=1S/C12H17ClN2O2S/c1-9(16)14-10-5-7-11(8-6-10)18(13,17)15-12(2,3)4/h5-8H,1-4H3,(H,14,16). The minimum absolute atomic E-state index is 0.159. The van der Waals surface area contributed by atoms with Crippen LogP contribution in [0.1, 0.15) is 27.7 Å². The number of hydrogen-bond donors (Lipinski definition) is 1. The van der Waals surface area contributed by atoms with E-state index in [9.17, 15) is 9.00 Å². The third-order valence-corrected chi connectivity index (χ3v) is 4.23. The quantitative estimate of drug-likeness (QED) is 0.848. The first kappa shape index (κ1) is 15.0. The molecule has 0 radical (unpaired) electrons. The van der Waals surface area contributed by atoms with Crippen LogP contribution in [0.15, 0.2) is 33.5 Å². The number of benzene rings is 1. The Labute approximate surface area is 112 Å². The van der Waals surface area contributed by atoms with E-state index in [1.54, 1.807) is 24.3 Å². The molecule has 0 bridgehead atoms. The summed E-state index contributed by atoms with van der Waals surface area (Å²) >= 11 is 0. The van der Waals surface area contributed by atoms with Crippen LogP contribution in [0.2, 0.25) is 0 Å². The number of nitrogens with zero attached hydrogens (tertiary/aromatic N) is 1. The molecule has 4 nitrogen and oxygen atoms in total. The smallest absolute Gasteiger partial charge is 0.221 e. The molecule has 0 aliphatic heterocycles. The Morgan fingerprint density at radius 1 is 1.28 bits per heavy atom. The number of carbonyl (C=O) groups excluding carboxylic acids is 1. The van der Waals surface area contributed by atoms with E-state index in [0.29, 0.717) is 10.6 Å². The van der Waals surface area contributed by atoms with E-state index in [-0.39, 0.29) is 5.91 Å². The molecule has 0 aliphatic carbocycles. The zero-order valence-corrected chi connectivity index (χ0v) is 12.4. The normalized spacial score (nSPS) is 14.7. The predicted molar refractivity (Wildman–Crippen MR) is 75.2 cm³/mol. The van der Waals surface area contributed by atoms with E-state index in [1.807, 2.05) is 20.8 Å². The van der Waals surface area contributed by atoms with Crippen LogP contribution >= 0.6 is 10.7 Å². The van der Waals surface area contributed by atoms with Gasteiger partial charge in [0.25, 0.3) is 0 Å². The summed E-state index contributed by atoms with van der Waals surface area (Å²) in [4.78, 5) is 11.3. The van der Waals surface area contributed by atoms with Gasteiger partial charge in [-0.15, -0.1) is 0 Å². The molecule has 1 amide bonds. The van der Waals surface area contributed by atoms with Gasteiger partial charge in [0.05, 0.1) is 10.4 Å². The van der Waals surface area contributed by atoms with Crippen molar-refractivity contribution in [2.24, 2.45) is 4.36 Å². The fourth-order valence-corrected chi connectivity index (χ4v) is 3.53. The van der Waals surface area contributed by atoms with E-state index >= 15 is 0 Å². The summed E-state index contributed by atoms with van der Waals surface area (Å²) in [6.45, 7) is 6.93. The number of halogens is 1. The van der Waals surface area contributed by atoms with Crippen LogP contribution < -0.4 is 5.32 Å². The van der Waals surface area contributed by atoms with Crippen LogP contribution in [-0.4, -0.2) is 15.7 Å². The van der Waals surface area contributed by atoms with Crippen molar-refractivity contribution in [3.63, 3.8) is 0 Å². The van der Waals surface area contributed by atoms with Crippen molar-refractivity contribution in [1.82, 2.24) is 0 Å². The largest absolute Gasteiger partial charge is 0.326 e. The van der Waals surface area contributed by atoms with Crippen LogP contribution in [-0.2, 0) is 13.7 Å². The van der Waals surface area contributed by atoms with Gasteiger partial charge in [0, 0.05) is 23.3 Å². The summed E-state index contributed by atoms with van der Waals surface area (Å²) in [6.07, 6.45) is 0. The fraction of sp³-hybridized carbons (Fsp3) is 0.417. The zero-order valence-electron chi connectivity index (χ0n) is 10.9. The van der Waals surface area contributed by atoms with Gasteiger partial charge >= 0.3 is 0 Å². The molecule has 0 saturated carbocycles. The maximum absolute atomic E-state index is 12.2. The first-order valence-corrected chi connectivity index (χ1v) is 7.80. The van der Waals surface area contributed by atoms with E-state index < -0.39 is 14.5 Å². The summed E-state index contributed by atoms with van der Waals surface area (Å²) in [5, 5.41) is 2.63. The van der Waals surface area contributed by atoms with Gasteiger partial charge in [-0.05, 0) is 45.0 Å². The van der Waals surface area contributed by atoms with Crippen molar-refractivity contribution in [3.8, 4) is 0 Å². The lowest BCUT2D eigenvalue weighted by Gasteiger charge is -2.14. The molecule has 0 fully saturated rings. The van der Waals surface area contributed by atoms with Gasteiger partial charge < -0.3 is 5.32 Å². The molecule has 1 atom stereocenters. The van der Waals surface area contributed by atoms with Gasteiger partial charge in [-0.2, -0.15) is 0 Å². The number of nitrogens with one attached hydrogen (secondary N) is 1. The van der Waals surface area contributed by atoms with Gasteiger partial charge in [0.2, 0.25) is 5.91 Å². The van der Waals surface area contributed by atoms with Crippen molar-refractivity contribution >= 4 is 31.2 Å². The molecule has 6 heteroatoms. The minimum Gasteiger partial charge on any atom is -0.326 e. The van der Waals surface area contributed by atoms with Crippen LogP contribution in [0.3, 0.4) is 0 Å². The number of hydrogen-bond acceptors (Lipinski definition) is 3. The second-order valence-corrected chi connectivity index (χ2v) is 7.75. The molecule has 0 aromatic heterocycles. The van der Waals surface area contributed by atoms with Gasteiger partial charge in [0.1, 0.15) is 0 Å². The summed E-state index contributed by atoms with van der Waals surface area (Å²) in [6, 6.07) is 6.51. The molecule has 1 unspecified atom stereocenters. The summed E-state index contributed by atoms with van der Waals surface area (Å²) in [5.41, 5.74) is 0.156. The molecule has 18 heavy (non-hydrogen) atoms. The highest BCUT2D eigenvalue weighted by Crippen LogP contribution is 2.24. The number of carbonyl (C=O) groups is 1. The lowest BCUT2D eigenvalue weighted by Crippen LogP contribution is -2.12. The molecule has 0 spiro atoms. The first-order chi connectivity index (χ1) is 8.10. The Morgan fingerprint density at radius 2 is 1.78 bits per heavy atom. The molecular weight excluding hydrogens is 272 g/mol. The van der Waals surface area contributed by atoms with Crippen molar-refractivity contribution in [2.45, 2.75) is 38.1 Å². The van der Waals surface area contributed by atoms with Crippen LogP contribution in [0.5, 0.6) is 0 Å². The molecule has 0 aliphatic rings. The van der Waals surface area contributed by atoms with Crippen molar-refractivity contribution in [3.05, 3.63) is 24.3 Å². The van der Waals surface area contributed by atoms with Gasteiger partial charge in [0.15, 0.2) is 8.94 Å². The molecule has 1 aromatic carbocycles. The highest BCUT2D eigenvalue weighted by atomic mass is 35.7. The maximum atomic E-state index is 12.2. The van der Waals surface area contributed by atoms with Crippen molar-refractivity contribution < 1.29 is 9.00 Å². The Morgan fingerprint density at radius 3 is 2.17 bits per heavy atom. The second-order valence-electron chi connectivity index (χ2n) is 4.93. The summed E-state index contributed by atoms with van der Waals surface area (Å²) < 4.78 is 16.4. The third kappa shape index (κ3) is 4.66. The van der Waals surface area contributed by atoms with Crippen molar-refractivity contribution in [1.29, 1.82) is 0 Å². The Kier molecular flexibility index (Phi) is 4.40. The Bertz CT molecular complexity index is 552. The average molecular weight is 289 g/mol. The molecule has 1 N–H and O–H groups in total. The number of rotatable bonds is 2. The van der Waals surface area contributed by atoms with Crippen molar-refractivity contribution in [2.75, 3.05) is 5.32 Å². The topological polar surface area (TPSA) is 58.5 Å². The lowest BCUT2D eigenvalue weighted by molar-refractivity contribution is -0.114. The molecule has 100 valence electrons. The van der Waals surface area contributed by atoms with Gasteiger partial charge in [-0.1, -0.05) is 0 Å². The second kappa shape index (κ2) is 5.28. The average Bonchev–Trinajstić information content (AvgIpc) is 2.13. The maximum Gasteiger partial charge on any atom is 0.221 e. The molecule has 0 saturated heterocycles. The highest BCUT2D eigenvalue weighted by molar-refractivity contribution is 8.15. The van der Waals surface area contributed by atoms with Crippen LogP contribution in [0.25, 0.3) is 0 Å². The Hall–Kier alpha value is -1.07. The number of amides is 1. The molecule has 0 heterocycles. The van der Waals surface area contributed by atoms with E-state index in [1.165, 1.54) is 6.92 Å². The van der Waals surface area contributed by atoms with E-state index in [2.05, 4.69) is 9.68 Å². The predicted octanol–water partition coefficient (Wildman–Crippen LogP) is 3.42. The SMILES string of the molecule is CC(=O)Nc1ccc(S(=O)(Cl)=NC(C)(C)C)cc1. The lowest BCUT2D eigenvalue weighted by atomic mass is 10.1. The molecule has 1 rings (SSSR count). The van der Waals surface area contributed by atoms with E-state index in [0.717, 1.165) is 0 Å². The Balaban J connectivity index is 3.09. The summed E-state index contributed by atoms with van der Waals surface area (Å²) in [5.74, 6) is -0.159. The van der Waals surface area contributed by atoms with Crippen LogP contribution in [0, 0.1) is 0 Å². The minimum atomic E-state index is -2.93. The highest BCUT2D eigenvalue weighted by Gasteiger charge is 2.15. The third-order valence-electron chi connectivity index (χ3n) is 1.86. The number of anilines is 1. The van der Waals surface area contributed by atoms with Crippen LogP contribution in [0.4, 0.5) is 5.69 Å². The summed E-state index contributed by atoms with van der Waals surface area (Å²) in [7, 11) is 3.05. The molecule has 1 aromatic rings. The van der Waals surface area contributed by atoms with Gasteiger partial charge in [-0.3, -0.25) is 4.79 Å². The fourth-order valence-electron chi connectivity index (χ4n) is 1.31.